The highest BCUT2D eigenvalue weighted by Gasteiger charge is 2.16. The fourth-order valence-electron chi connectivity index (χ4n) is 3.71. The zero-order chi connectivity index (χ0) is 24.6. The molecule has 0 unspecified atom stereocenters. The highest BCUT2D eigenvalue weighted by molar-refractivity contribution is 8.13. The first-order chi connectivity index (χ1) is 16.9. The maximum Gasteiger partial charge on any atom is 0.165 e. The Labute approximate surface area is 211 Å². The Morgan fingerprint density at radius 3 is 2.17 bits per heavy atom. The monoisotopic (exact) mass is 484 g/mol. The average Bonchev–Trinajstić information content (AvgIpc) is 2.84. The van der Waals surface area contributed by atoms with Crippen LogP contribution in [0.4, 0.5) is 4.39 Å². The van der Waals surface area contributed by atoms with Crippen molar-refractivity contribution >= 4 is 16.9 Å². The second-order valence-electron chi connectivity index (χ2n) is 8.66. The van der Waals surface area contributed by atoms with Gasteiger partial charge in [-0.25, -0.2) is 4.39 Å². The van der Waals surface area contributed by atoms with Crippen molar-refractivity contribution < 1.29 is 9.50 Å². The molecule has 1 N–H and O–H groups in total. The molecule has 0 saturated carbocycles. The van der Waals surface area contributed by atoms with Crippen LogP contribution in [0, 0.1) is 19.7 Å². The van der Waals surface area contributed by atoms with Gasteiger partial charge in [-0.15, -0.1) is 0 Å². The van der Waals surface area contributed by atoms with Crippen LogP contribution in [0.1, 0.15) is 27.8 Å². The van der Waals surface area contributed by atoms with E-state index in [1.165, 1.54) is 28.8 Å². The molecule has 0 bridgehead atoms. The van der Waals surface area contributed by atoms with Crippen molar-refractivity contribution in [2.75, 3.05) is 0 Å². The van der Waals surface area contributed by atoms with Gasteiger partial charge in [0.05, 0.1) is 6.54 Å². The number of benzene rings is 4. The molecular formula is C30H29FN2OS. The number of phenols is 1. The van der Waals surface area contributed by atoms with Gasteiger partial charge in [0.15, 0.2) is 5.17 Å². The summed E-state index contributed by atoms with van der Waals surface area (Å²) in [5.41, 5.74) is 5.52. The Hall–Kier alpha value is -3.57. The van der Waals surface area contributed by atoms with Crippen molar-refractivity contribution in [3.63, 3.8) is 0 Å². The summed E-state index contributed by atoms with van der Waals surface area (Å²) in [7, 11) is 0. The van der Waals surface area contributed by atoms with E-state index in [1.54, 1.807) is 36.0 Å². The lowest BCUT2D eigenvalue weighted by Crippen LogP contribution is -2.28. The Bertz CT molecular complexity index is 1290. The number of aryl methyl sites for hydroxylation is 2. The van der Waals surface area contributed by atoms with Crippen molar-refractivity contribution in [1.82, 2.24) is 4.90 Å². The molecule has 0 saturated heterocycles. The molecular weight excluding hydrogens is 455 g/mol. The molecule has 35 heavy (non-hydrogen) atoms. The second-order valence-corrected chi connectivity index (χ2v) is 9.70. The largest absolute Gasteiger partial charge is 0.508 e. The normalized spacial score (nSPS) is 11.5. The molecule has 4 aromatic rings. The molecule has 0 aliphatic rings. The fraction of sp³-hybridized carbons (Fsp3) is 0.167. The average molecular weight is 485 g/mol. The van der Waals surface area contributed by atoms with E-state index in [1.807, 2.05) is 12.1 Å². The van der Waals surface area contributed by atoms with Gasteiger partial charge >= 0.3 is 0 Å². The molecule has 4 aromatic carbocycles. The Balaban J connectivity index is 1.70. The fourth-order valence-corrected chi connectivity index (χ4v) is 4.70. The maximum atomic E-state index is 13.4. The molecule has 0 heterocycles. The van der Waals surface area contributed by atoms with Gasteiger partial charge in [0.1, 0.15) is 11.6 Å². The third-order valence-corrected chi connectivity index (χ3v) is 6.62. The van der Waals surface area contributed by atoms with E-state index in [-0.39, 0.29) is 11.6 Å². The number of halogens is 1. The first kappa shape index (κ1) is 24.6. The van der Waals surface area contributed by atoms with E-state index in [2.05, 4.69) is 67.3 Å². The van der Waals surface area contributed by atoms with Gasteiger partial charge in [0, 0.05) is 18.0 Å². The minimum Gasteiger partial charge on any atom is -0.508 e. The first-order valence-corrected chi connectivity index (χ1v) is 12.4. The highest BCUT2D eigenvalue weighted by Crippen LogP contribution is 2.26. The SMILES string of the molecule is Cc1ccc(CN(Cc2cccc(O)c2)C(=NCc2ccc(F)cc2)Sc2cccc(C)c2)cc1. The van der Waals surface area contributed by atoms with E-state index in [4.69, 9.17) is 4.99 Å². The van der Waals surface area contributed by atoms with Crippen LogP contribution in [-0.2, 0) is 19.6 Å². The van der Waals surface area contributed by atoms with E-state index in [0.29, 0.717) is 19.6 Å². The van der Waals surface area contributed by atoms with Crippen molar-refractivity contribution in [2.24, 2.45) is 4.99 Å². The predicted molar refractivity (Wildman–Crippen MR) is 143 cm³/mol. The number of thioether (sulfide) groups is 1. The van der Waals surface area contributed by atoms with Crippen LogP contribution in [0.25, 0.3) is 0 Å². The lowest BCUT2D eigenvalue weighted by atomic mass is 10.1. The van der Waals surface area contributed by atoms with Crippen LogP contribution >= 0.6 is 11.8 Å². The molecule has 0 fully saturated rings. The van der Waals surface area contributed by atoms with E-state index in [0.717, 1.165) is 21.2 Å². The lowest BCUT2D eigenvalue weighted by Gasteiger charge is -2.26. The Kier molecular flexibility index (Phi) is 8.22. The topological polar surface area (TPSA) is 35.8 Å². The van der Waals surface area contributed by atoms with Gasteiger partial charge in [0.25, 0.3) is 0 Å². The third kappa shape index (κ3) is 7.46. The minimum absolute atomic E-state index is 0.244. The summed E-state index contributed by atoms with van der Waals surface area (Å²) in [4.78, 5) is 8.34. The van der Waals surface area contributed by atoms with Crippen molar-refractivity contribution in [2.45, 2.75) is 38.4 Å². The van der Waals surface area contributed by atoms with Crippen molar-refractivity contribution in [3.8, 4) is 5.75 Å². The van der Waals surface area contributed by atoms with E-state index < -0.39 is 0 Å². The number of amidine groups is 1. The Morgan fingerprint density at radius 2 is 1.46 bits per heavy atom. The summed E-state index contributed by atoms with van der Waals surface area (Å²) in [6.45, 7) is 5.85. The quantitative estimate of drug-likeness (QED) is 0.168. The van der Waals surface area contributed by atoms with Gasteiger partial charge in [-0.1, -0.05) is 83.6 Å². The standard InChI is InChI=1S/C30H29FN2OS/c1-22-9-11-25(12-10-22)20-33(21-26-6-4-7-28(34)18-26)30(35-29-8-3-5-23(2)17-29)32-19-24-13-15-27(31)16-14-24/h3-18,34H,19-21H2,1-2H3. The van der Waals surface area contributed by atoms with Crippen LogP contribution in [-0.4, -0.2) is 15.2 Å². The number of rotatable bonds is 7. The van der Waals surface area contributed by atoms with Crippen LogP contribution in [0.3, 0.4) is 0 Å². The number of aromatic hydroxyl groups is 1. The van der Waals surface area contributed by atoms with Crippen LogP contribution in [0.5, 0.6) is 5.75 Å². The summed E-state index contributed by atoms with van der Waals surface area (Å²) in [6, 6.07) is 30.7. The second kappa shape index (κ2) is 11.7. The molecule has 0 radical (unpaired) electrons. The third-order valence-electron chi connectivity index (χ3n) is 5.56. The molecule has 0 spiro atoms. The van der Waals surface area contributed by atoms with Crippen LogP contribution in [0.2, 0.25) is 0 Å². The zero-order valence-corrected chi connectivity index (χ0v) is 20.8. The highest BCUT2D eigenvalue weighted by atomic mass is 32.2. The summed E-state index contributed by atoms with van der Waals surface area (Å²) in [5.74, 6) is -0.00843. The molecule has 0 amide bonds. The van der Waals surface area contributed by atoms with Crippen LogP contribution < -0.4 is 0 Å². The van der Waals surface area contributed by atoms with Gasteiger partial charge in [-0.05, 0) is 66.9 Å². The minimum atomic E-state index is -0.253. The summed E-state index contributed by atoms with van der Waals surface area (Å²) < 4.78 is 13.4. The van der Waals surface area contributed by atoms with E-state index in [9.17, 15) is 9.50 Å². The molecule has 3 nitrogen and oxygen atoms in total. The number of nitrogens with zero attached hydrogens (tertiary/aromatic N) is 2. The molecule has 5 heteroatoms. The number of hydrogen-bond acceptors (Lipinski definition) is 3. The molecule has 0 atom stereocenters. The van der Waals surface area contributed by atoms with E-state index >= 15 is 0 Å². The smallest absolute Gasteiger partial charge is 0.165 e. The summed E-state index contributed by atoms with van der Waals surface area (Å²) >= 11 is 1.62. The van der Waals surface area contributed by atoms with Gasteiger partial charge in [-0.3, -0.25) is 4.99 Å². The van der Waals surface area contributed by atoms with Crippen LogP contribution in [0.15, 0.2) is 107 Å². The molecule has 178 valence electrons. The molecule has 0 aromatic heterocycles. The zero-order valence-electron chi connectivity index (χ0n) is 20.0. The van der Waals surface area contributed by atoms with Crippen molar-refractivity contribution in [3.05, 3.63) is 131 Å². The Morgan fingerprint density at radius 1 is 0.771 bits per heavy atom. The molecule has 0 aliphatic heterocycles. The van der Waals surface area contributed by atoms with Gasteiger partial charge in [-0.2, -0.15) is 0 Å². The number of hydrogen-bond donors (Lipinski definition) is 1. The predicted octanol–water partition coefficient (Wildman–Crippen LogP) is 7.50. The van der Waals surface area contributed by atoms with Gasteiger partial charge < -0.3 is 10.0 Å². The number of aliphatic imine (C=N–C) groups is 1. The first-order valence-electron chi connectivity index (χ1n) is 11.6. The van der Waals surface area contributed by atoms with Crippen molar-refractivity contribution in [1.29, 1.82) is 0 Å². The number of phenolic OH excluding ortho intramolecular Hbond substituents is 1. The maximum absolute atomic E-state index is 13.4. The van der Waals surface area contributed by atoms with Gasteiger partial charge in [0.2, 0.25) is 0 Å². The molecule has 4 rings (SSSR count). The summed E-state index contributed by atoms with van der Waals surface area (Å²) in [6.07, 6.45) is 0. The lowest BCUT2D eigenvalue weighted by molar-refractivity contribution is 0.410. The molecule has 0 aliphatic carbocycles. The summed E-state index contributed by atoms with van der Waals surface area (Å²) in [5, 5.41) is 10.9.